The van der Waals surface area contributed by atoms with Crippen LogP contribution in [0.1, 0.15) is 23.9 Å². The molecule has 0 spiro atoms. The quantitative estimate of drug-likeness (QED) is 0.306. The first-order valence-corrected chi connectivity index (χ1v) is 10.3. The van der Waals surface area contributed by atoms with Gasteiger partial charge in [0.25, 0.3) is 0 Å². The molecule has 1 aromatic heterocycles. The first-order chi connectivity index (χ1) is 15.5. The van der Waals surface area contributed by atoms with E-state index in [-0.39, 0.29) is 18.4 Å². The van der Waals surface area contributed by atoms with Gasteiger partial charge in [-0.3, -0.25) is 15.4 Å². The number of aliphatic imine (C=N–C) groups is 2. The fourth-order valence-corrected chi connectivity index (χ4v) is 3.01. The Bertz CT molecular complexity index is 1020. The second kappa shape index (κ2) is 11.5. The van der Waals surface area contributed by atoms with Crippen LogP contribution in [0.15, 0.2) is 40.3 Å². The smallest absolute Gasteiger partial charge is 0.223 e. The predicted octanol–water partition coefficient (Wildman–Crippen LogP) is 1.63. The third-order valence-corrected chi connectivity index (χ3v) is 4.60. The first kappa shape index (κ1) is 22.8. The summed E-state index contributed by atoms with van der Waals surface area (Å²) < 4.78 is 5.43. The molecule has 2 heterocycles. The van der Waals surface area contributed by atoms with Crippen LogP contribution in [-0.4, -0.2) is 54.4 Å². The highest BCUT2D eigenvalue weighted by Gasteiger charge is 2.15. The number of carbonyl (C=O) groups excluding carboxylic acids is 1. The number of ether oxygens (including phenoxy) is 1. The second-order valence-corrected chi connectivity index (χ2v) is 7.18. The van der Waals surface area contributed by atoms with Gasteiger partial charge >= 0.3 is 0 Å². The number of guanidine groups is 1. The van der Waals surface area contributed by atoms with Crippen LogP contribution in [0.25, 0.3) is 0 Å². The highest BCUT2D eigenvalue weighted by molar-refractivity contribution is 5.96. The number of carbonyl (C=O) groups is 1. The van der Waals surface area contributed by atoms with Crippen LogP contribution in [0, 0.1) is 18.4 Å². The van der Waals surface area contributed by atoms with Crippen LogP contribution in [0.5, 0.6) is 0 Å². The van der Waals surface area contributed by atoms with Crippen LogP contribution in [0.4, 0.5) is 11.6 Å². The van der Waals surface area contributed by atoms with Gasteiger partial charge in [-0.05, 0) is 12.5 Å². The lowest BCUT2D eigenvalue weighted by atomic mass is 10.1. The minimum absolute atomic E-state index is 0.0461. The topological polar surface area (TPSA) is 128 Å². The van der Waals surface area contributed by atoms with Gasteiger partial charge in [0.05, 0.1) is 13.2 Å². The molecule has 3 rings (SSSR count). The SMILES string of the molecule is CC(=O)NC(=NCc1nc(N=CCc2ccc(C)cc2)cc(N2CCOCC2)n1)NC#N. The molecule has 0 radical (unpaired) electrons. The fourth-order valence-electron chi connectivity index (χ4n) is 3.01. The van der Waals surface area contributed by atoms with E-state index in [9.17, 15) is 4.79 Å². The van der Waals surface area contributed by atoms with Crippen LogP contribution >= 0.6 is 0 Å². The van der Waals surface area contributed by atoms with Crippen LogP contribution < -0.4 is 15.5 Å². The van der Waals surface area contributed by atoms with E-state index < -0.39 is 0 Å². The van der Waals surface area contributed by atoms with Crippen molar-refractivity contribution in [3.05, 3.63) is 47.3 Å². The molecule has 2 N–H and O–H groups in total. The van der Waals surface area contributed by atoms with Gasteiger partial charge in [0.1, 0.15) is 12.4 Å². The molecule has 0 saturated carbocycles. The molecule has 2 aromatic rings. The van der Waals surface area contributed by atoms with Crippen molar-refractivity contribution in [3.63, 3.8) is 0 Å². The Morgan fingerprint density at radius 2 is 2.03 bits per heavy atom. The standard InChI is InChI=1S/C22H26N8O2/c1-16-3-5-18(6-4-16)7-8-24-19-13-21(30-9-11-32-12-10-30)29-20(28-19)14-25-22(26-15-23)27-17(2)31/h3-6,8,13H,7,9-12,14H2,1-2H3,(H2,25,26,27,31). The Hall–Kier alpha value is -3.84. The number of aryl methyl sites for hydroxylation is 1. The summed E-state index contributed by atoms with van der Waals surface area (Å²) in [6.45, 7) is 6.16. The number of nitriles is 1. The maximum Gasteiger partial charge on any atom is 0.223 e. The number of benzene rings is 1. The maximum atomic E-state index is 11.3. The molecule has 166 valence electrons. The number of hydrogen-bond donors (Lipinski definition) is 2. The van der Waals surface area contributed by atoms with Gasteiger partial charge in [-0.15, -0.1) is 0 Å². The minimum Gasteiger partial charge on any atom is -0.378 e. The molecule has 32 heavy (non-hydrogen) atoms. The number of anilines is 1. The number of morpholine rings is 1. The minimum atomic E-state index is -0.337. The van der Waals surface area contributed by atoms with Gasteiger partial charge in [0, 0.05) is 38.7 Å². The average molecular weight is 435 g/mol. The number of amides is 1. The van der Waals surface area contributed by atoms with Crippen molar-refractivity contribution < 1.29 is 9.53 Å². The molecular formula is C22H26N8O2. The zero-order chi connectivity index (χ0) is 22.8. The molecule has 10 heteroatoms. The number of rotatable bonds is 6. The third-order valence-electron chi connectivity index (χ3n) is 4.60. The van der Waals surface area contributed by atoms with E-state index >= 15 is 0 Å². The summed E-state index contributed by atoms with van der Waals surface area (Å²) in [7, 11) is 0. The van der Waals surface area contributed by atoms with Gasteiger partial charge in [0.15, 0.2) is 17.8 Å². The lowest BCUT2D eigenvalue weighted by Crippen LogP contribution is -2.37. The van der Waals surface area contributed by atoms with Gasteiger partial charge in [-0.1, -0.05) is 29.8 Å². The van der Waals surface area contributed by atoms with Crippen molar-refractivity contribution in [2.75, 3.05) is 31.2 Å². The van der Waals surface area contributed by atoms with Crippen molar-refractivity contribution in [3.8, 4) is 6.19 Å². The van der Waals surface area contributed by atoms with E-state index in [4.69, 9.17) is 10.00 Å². The number of hydrogen-bond acceptors (Lipinski definition) is 8. The normalized spacial score (nSPS) is 14.3. The Balaban J connectivity index is 1.81. The molecule has 1 saturated heterocycles. The number of nitrogens with zero attached hydrogens (tertiary/aromatic N) is 6. The van der Waals surface area contributed by atoms with Gasteiger partial charge in [0.2, 0.25) is 11.9 Å². The predicted molar refractivity (Wildman–Crippen MR) is 122 cm³/mol. The van der Waals surface area contributed by atoms with E-state index in [1.54, 1.807) is 6.19 Å². The molecule has 1 amide bonds. The Labute approximate surface area is 187 Å². The average Bonchev–Trinajstić information content (AvgIpc) is 2.79. The zero-order valence-corrected chi connectivity index (χ0v) is 18.2. The van der Waals surface area contributed by atoms with E-state index in [1.807, 2.05) is 12.3 Å². The van der Waals surface area contributed by atoms with Crippen LogP contribution in [0.3, 0.4) is 0 Å². The summed E-state index contributed by atoms with van der Waals surface area (Å²) in [5.41, 5.74) is 2.38. The van der Waals surface area contributed by atoms with Crippen LogP contribution in [0.2, 0.25) is 0 Å². The van der Waals surface area contributed by atoms with Crippen molar-refractivity contribution in [1.29, 1.82) is 5.26 Å². The summed E-state index contributed by atoms with van der Waals surface area (Å²) in [5, 5.41) is 13.7. The molecule has 1 fully saturated rings. The Kier molecular flexibility index (Phi) is 8.22. The summed E-state index contributed by atoms with van der Waals surface area (Å²) >= 11 is 0. The van der Waals surface area contributed by atoms with Crippen LogP contribution in [-0.2, 0) is 22.5 Å². The molecule has 1 aliphatic heterocycles. The molecule has 0 aliphatic carbocycles. The molecule has 0 atom stereocenters. The van der Waals surface area contributed by atoms with Gasteiger partial charge < -0.3 is 9.64 Å². The number of nitrogens with one attached hydrogen (secondary N) is 2. The first-order valence-electron chi connectivity index (χ1n) is 10.3. The third kappa shape index (κ3) is 7.14. The summed E-state index contributed by atoms with van der Waals surface area (Å²) in [4.78, 5) is 31.2. The van der Waals surface area contributed by atoms with E-state index in [0.717, 1.165) is 24.5 Å². The van der Waals surface area contributed by atoms with Crippen molar-refractivity contribution in [2.24, 2.45) is 9.98 Å². The highest BCUT2D eigenvalue weighted by Crippen LogP contribution is 2.19. The zero-order valence-electron chi connectivity index (χ0n) is 18.2. The monoisotopic (exact) mass is 434 g/mol. The maximum absolute atomic E-state index is 11.3. The lowest BCUT2D eigenvalue weighted by Gasteiger charge is -2.28. The molecular weight excluding hydrogens is 408 g/mol. The molecule has 0 bridgehead atoms. The van der Waals surface area contributed by atoms with Crippen molar-refractivity contribution in [2.45, 2.75) is 26.8 Å². The Morgan fingerprint density at radius 3 is 2.72 bits per heavy atom. The van der Waals surface area contributed by atoms with E-state index in [2.05, 4.69) is 66.7 Å². The molecule has 1 aliphatic rings. The van der Waals surface area contributed by atoms with Gasteiger partial charge in [-0.25, -0.2) is 20.0 Å². The summed E-state index contributed by atoms with van der Waals surface area (Å²) in [5.74, 6) is 1.40. The largest absolute Gasteiger partial charge is 0.378 e. The van der Waals surface area contributed by atoms with Crippen molar-refractivity contribution in [1.82, 2.24) is 20.6 Å². The molecule has 10 nitrogen and oxygen atoms in total. The molecule has 1 aromatic carbocycles. The lowest BCUT2D eigenvalue weighted by molar-refractivity contribution is -0.117. The fraction of sp³-hybridized carbons (Fsp3) is 0.364. The Morgan fingerprint density at radius 1 is 1.28 bits per heavy atom. The molecule has 0 unspecified atom stereocenters. The van der Waals surface area contributed by atoms with Crippen molar-refractivity contribution >= 4 is 29.7 Å². The highest BCUT2D eigenvalue weighted by atomic mass is 16.5. The summed E-state index contributed by atoms with van der Waals surface area (Å²) in [6.07, 6.45) is 4.26. The van der Waals surface area contributed by atoms with Gasteiger partial charge in [-0.2, -0.15) is 5.26 Å². The number of aromatic nitrogens is 2. The second-order valence-electron chi connectivity index (χ2n) is 7.18. The van der Waals surface area contributed by atoms with E-state index in [1.165, 1.54) is 12.5 Å². The summed E-state index contributed by atoms with van der Waals surface area (Å²) in [6, 6.07) is 10.1. The van der Waals surface area contributed by atoms with E-state index in [0.29, 0.717) is 31.3 Å².